The monoisotopic (exact) mass is 314 g/mol. The van der Waals surface area contributed by atoms with Crippen LogP contribution in [0.15, 0.2) is 16.6 Å². The molecule has 0 heterocycles. The van der Waals surface area contributed by atoms with E-state index in [9.17, 15) is 4.39 Å². The second kappa shape index (κ2) is 5.47. The number of hydrogen-bond donors (Lipinski definition) is 1. The fraction of sp³-hybridized carbons (Fsp3) is 0.571. The predicted molar refractivity (Wildman–Crippen MR) is 78.3 cm³/mol. The second-order valence-electron chi connectivity index (χ2n) is 5.36. The van der Waals surface area contributed by atoms with Crippen LogP contribution in [0.4, 0.5) is 15.8 Å². The topological polar surface area (TPSA) is 29.3 Å². The Labute approximate surface area is 116 Å². The summed E-state index contributed by atoms with van der Waals surface area (Å²) >= 11 is 3.16. The van der Waals surface area contributed by atoms with Crippen LogP contribution < -0.4 is 10.6 Å². The summed E-state index contributed by atoms with van der Waals surface area (Å²) in [6.45, 7) is 2.28. The van der Waals surface area contributed by atoms with Gasteiger partial charge in [-0.1, -0.05) is 19.8 Å². The van der Waals surface area contributed by atoms with Crippen LogP contribution in [0.25, 0.3) is 0 Å². The highest BCUT2D eigenvalue weighted by Crippen LogP contribution is 2.34. The molecular weight excluding hydrogens is 295 g/mol. The Bertz CT molecular complexity index is 436. The van der Waals surface area contributed by atoms with Crippen molar-refractivity contribution in [2.24, 2.45) is 5.92 Å². The van der Waals surface area contributed by atoms with Gasteiger partial charge in [-0.05, 0) is 40.8 Å². The third-order valence-corrected chi connectivity index (χ3v) is 4.51. The molecule has 0 aliphatic heterocycles. The molecule has 1 aromatic rings. The summed E-state index contributed by atoms with van der Waals surface area (Å²) in [5.74, 6) is 0.489. The van der Waals surface area contributed by atoms with Gasteiger partial charge < -0.3 is 10.6 Å². The van der Waals surface area contributed by atoms with Crippen molar-refractivity contribution >= 4 is 27.3 Å². The van der Waals surface area contributed by atoms with Gasteiger partial charge in [0.1, 0.15) is 5.82 Å². The summed E-state index contributed by atoms with van der Waals surface area (Å²) in [5, 5.41) is 0. The van der Waals surface area contributed by atoms with Crippen molar-refractivity contribution in [2.45, 2.75) is 38.6 Å². The molecule has 2 N–H and O–H groups in total. The Morgan fingerprint density at radius 1 is 1.39 bits per heavy atom. The molecule has 2 nitrogen and oxygen atoms in total. The lowest BCUT2D eigenvalue weighted by Crippen LogP contribution is -2.36. The van der Waals surface area contributed by atoms with Crippen LogP contribution in [0.5, 0.6) is 0 Å². The van der Waals surface area contributed by atoms with Crippen LogP contribution in [0, 0.1) is 11.7 Å². The SMILES string of the molecule is CC1CCCC(N(C)c2cc(F)c(Br)cc2N)C1. The van der Waals surface area contributed by atoms with Crippen molar-refractivity contribution in [1.82, 2.24) is 0 Å². The van der Waals surface area contributed by atoms with E-state index < -0.39 is 0 Å². The highest BCUT2D eigenvalue weighted by atomic mass is 79.9. The molecule has 2 unspecified atom stereocenters. The molecule has 100 valence electrons. The van der Waals surface area contributed by atoms with Crippen LogP contribution in [0.1, 0.15) is 32.6 Å². The normalized spacial score (nSPS) is 24.0. The first-order valence-corrected chi connectivity index (χ1v) is 7.25. The highest BCUT2D eigenvalue weighted by Gasteiger charge is 2.24. The zero-order valence-electron chi connectivity index (χ0n) is 10.9. The van der Waals surface area contributed by atoms with E-state index in [1.807, 2.05) is 7.05 Å². The lowest BCUT2D eigenvalue weighted by molar-refractivity contribution is 0.336. The summed E-state index contributed by atoms with van der Waals surface area (Å²) in [5.41, 5.74) is 7.42. The minimum absolute atomic E-state index is 0.255. The van der Waals surface area contributed by atoms with E-state index >= 15 is 0 Å². The first-order chi connectivity index (χ1) is 8.49. The fourth-order valence-corrected chi connectivity index (χ4v) is 3.17. The number of nitrogen functional groups attached to an aromatic ring is 1. The molecule has 1 aliphatic carbocycles. The average molecular weight is 315 g/mol. The number of anilines is 2. The van der Waals surface area contributed by atoms with Gasteiger partial charge in [-0.25, -0.2) is 4.39 Å². The van der Waals surface area contributed by atoms with E-state index in [4.69, 9.17) is 5.73 Å². The van der Waals surface area contributed by atoms with Gasteiger partial charge in [-0.15, -0.1) is 0 Å². The first-order valence-electron chi connectivity index (χ1n) is 6.46. The first kappa shape index (κ1) is 13.7. The molecule has 2 rings (SSSR count). The molecule has 0 amide bonds. The van der Waals surface area contributed by atoms with Gasteiger partial charge in [-0.3, -0.25) is 0 Å². The third-order valence-electron chi connectivity index (χ3n) is 3.91. The largest absolute Gasteiger partial charge is 0.397 e. The standard InChI is InChI=1S/C14H20BrFN2/c1-9-4-3-5-10(6-9)18(2)14-8-12(16)11(15)7-13(14)17/h7-10H,3-6,17H2,1-2H3. The summed E-state index contributed by atoms with van der Waals surface area (Å²) in [4.78, 5) is 2.14. The molecule has 2 atom stereocenters. The lowest BCUT2D eigenvalue weighted by Gasteiger charge is -2.36. The maximum Gasteiger partial charge on any atom is 0.139 e. The molecule has 0 aromatic heterocycles. The van der Waals surface area contributed by atoms with Gasteiger partial charge >= 0.3 is 0 Å². The summed E-state index contributed by atoms with van der Waals surface area (Å²) in [6, 6.07) is 3.64. The van der Waals surface area contributed by atoms with Crippen LogP contribution in [0.3, 0.4) is 0 Å². The van der Waals surface area contributed by atoms with Crippen molar-refractivity contribution < 1.29 is 4.39 Å². The average Bonchev–Trinajstić information content (AvgIpc) is 2.33. The molecule has 0 radical (unpaired) electrons. The Morgan fingerprint density at radius 2 is 2.11 bits per heavy atom. The van der Waals surface area contributed by atoms with Gasteiger partial charge in [0.05, 0.1) is 15.8 Å². The van der Waals surface area contributed by atoms with Gasteiger partial charge in [0, 0.05) is 19.2 Å². The number of halogens is 2. The summed E-state index contributed by atoms with van der Waals surface area (Å²) in [7, 11) is 2.02. The quantitative estimate of drug-likeness (QED) is 0.829. The molecule has 1 aromatic carbocycles. The molecule has 0 saturated heterocycles. The summed E-state index contributed by atoms with van der Waals surface area (Å²) in [6.07, 6.45) is 4.87. The van der Waals surface area contributed by atoms with E-state index in [-0.39, 0.29) is 5.82 Å². The molecule has 4 heteroatoms. The van der Waals surface area contributed by atoms with E-state index in [0.717, 1.165) is 24.4 Å². The smallest absolute Gasteiger partial charge is 0.139 e. The maximum absolute atomic E-state index is 13.6. The van der Waals surface area contributed by atoms with Crippen LogP contribution in [-0.2, 0) is 0 Å². The number of nitrogens with two attached hydrogens (primary N) is 1. The predicted octanol–water partition coefficient (Wildman–Crippen LogP) is 4.19. The minimum Gasteiger partial charge on any atom is -0.397 e. The van der Waals surface area contributed by atoms with Crippen molar-refractivity contribution in [3.63, 3.8) is 0 Å². The number of benzene rings is 1. The number of rotatable bonds is 2. The van der Waals surface area contributed by atoms with Crippen LogP contribution >= 0.6 is 15.9 Å². The Balaban J connectivity index is 2.22. The maximum atomic E-state index is 13.6. The van der Waals surface area contributed by atoms with Gasteiger partial charge in [0.25, 0.3) is 0 Å². The molecule has 1 fully saturated rings. The molecular formula is C14H20BrFN2. The van der Waals surface area contributed by atoms with E-state index in [2.05, 4.69) is 27.8 Å². The molecule has 0 bridgehead atoms. The lowest BCUT2D eigenvalue weighted by atomic mass is 9.86. The zero-order chi connectivity index (χ0) is 13.3. The highest BCUT2D eigenvalue weighted by molar-refractivity contribution is 9.10. The minimum atomic E-state index is -0.255. The molecule has 1 saturated carbocycles. The Hall–Kier alpha value is -0.770. The summed E-state index contributed by atoms with van der Waals surface area (Å²) < 4.78 is 14.1. The van der Waals surface area contributed by atoms with Crippen molar-refractivity contribution in [2.75, 3.05) is 17.7 Å². The molecule has 18 heavy (non-hydrogen) atoms. The van der Waals surface area contributed by atoms with Crippen molar-refractivity contribution in [3.05, 3.63) is 22.4 Å². The van der Waals surface area contributed by atoms with Crippen LogP contribution in [0.2, 0.25) is 0 Å². The van der Waals surface area contributed by atoms with Gasteiger partial charge in [-0.2, -0.15) is 0 Å². The van der Waals surface area contributed by atoms with Crippen molar-refractivity contribution in [1.29, 1.82) is 0 Å². The van der Waals surface area contributed by atoms with E-state index in [1.54, 1.807) is 6.07 Å². The van der Waals surface area contributed by atoms with Crippen molar-refractivity contribution in [3.8, 4) is 0 Å². The second-order valence-corrected chi connectivity index (χ2v) is 6.22. The molecule has 1 aliphatic rings. The number of hydrogen-bond acceptors (Lipinski definition) is 2. The molecule has 0 spiro atoms. The number of nitrogens with zero attached hydrogens (tertiary/aromatic N) is 1. The van der Waals surface area contributed by atoms with Gasteiger partial charge in [0.2, 0.25) is 0 Å². The van der Waals surface area contributed by atoms with Gasteiger partial charge in [0.15, 0.2) is 0 Å². The Morgan fingerprint density at radius 3 is 2.78 bits per heavy atom. The van der Waals surface area contributed by atoms with Crippen LogP contribution in [-0.4, -0.2) is 13.1 Å². The van der Waals surface area contributed by atoms with E-state index in [0.29, 0.717) is 16.2 Å². The Kier molecular flexibility index (Phi) is 4.15. The van der Waals surface area contributed by atoms with E-state index in [1.165, 1.54) is 18.9 Å². The fourth-order valence-electron chi connectivity index (χ4n) is 2.81. The third kappa shape index (κ3) is 2.79. The zero-order valence-corrected chi connectivity index (χ0v) is 12.5.